The van der Waals surface area contributed by atoms with Crippen LogP contribution < -0.4 is 15.2 Å². The van der Waals surface area contributed by atoms with E-state index in [0.29, 0.717) is 19.5 Å². The summed E-state index contributed by atoms with van der Waals surface area (Å²) in [5.41, 5.74) is 8.05. The SMILES string of the molecule is NC(=O)[C@@H]1C[C@H](Oc2ccccc2)CN1Cc1ccc2c(c1)CCO2. The fraction of sp³-hybridized carbons (Fsp3) is 0.350. The van der Waals surface area contributed by atoms with Gasteiger partial charge in [0.15, 0.2) is 0 Å². The van der Waals surface area contributed by atoms with Crippen LogP contribution in [-0.2, 0) is 17.8 Å². The molecule has 2 aromatic carbocycles. The van der Waals surface area contributed by atoms with Crippen molar-refractivity contribution in [3.63, 3.8) is 0 Å². The fourth-order valence-electron chi connectivity index (χ4n) is 3.68. The van der Waals surface area contributed by atoms with Crippen LogP contribution in [-0.4, -0.2) is 36.1 Å². The zero-order chi connectivity index (χ0) is 17.2. The molecule has 1 fully saturated rings. The highest BCUT2D eigenvalue weighted by molar-refractivity contribution is 5.80. The number of para-hydroxylation sites is 1. The highest BCUT2D eigenvalue weighted by Gasteiger charge is 2.36. The molecule has 4 rings (SSSR count). The molecule has 0 aliphatic carbocycles. The van der Waals surface area contributed by atoms with Gasteiger partial charge in [0.05, 0.1) is 12.6 Å². The number of ether oxygens (including phenoxy) is 2. The highest BCUT2D eigenvalue weighted by Crippen LogP contribution is 2.29. The van der Waals surface area contributed by atoms with E-state index in [0.717, 1.165) is 24.5 Å². The van der Waals surface area contributed by atoms with Gasteiger partial charge in [-0.1, -0.05) is 30.3 Å². The smallest absolute Gasteiger partial charge is 0.234 e. The quantitative estimate of drug-likeness (QED) is 0.907. The van der Waals surface area contributed by atoms with Gasteiger partial charge in [-0.25, -0.2) is 0 Å². The molecule has 0 radical (unpaired) electrons. The number of likely N-dealkylation sites (tertiary alicyclic amines) is 1. The van der Waals surface area contributed by atoms with Crippen LogP contribution in [0.5, 0.6) is 11.5 Å². The average Bonchev–Trinajstić information content (AvgIpc) is 3.22. The van der Waals surface area contributed by atoms with Crippen molar-refractivity contribution in [2.45, 2.75) is 31.5 Å². The van der Waals surface area contributed by atoms with Crippen LogP contribution in [0.1, 0.15) is 17.5 Å². The molecule has 0 spiro atoms. The van der Waals surface area contributed by atoms with E-state index in [4.69, 9.17) is 15.2 Å². The number of primary amides is 1. The number of nitrogens with two attached hydrogens (primary N) is 1. The lowest BCUT2D eigenvalue weighted by Crippen LogP contribution is -2.39. The lowest BCUT2D eigenvalue weighted by atomic mass is 10.1. The van der Waals surface area contributed by atoms with Gasteiger partial charge in [0.1, 0.15) is 17.6 Å². The van der Waals surface area contributed by atoms with Gasteiger partial charge in [-0.3, -0.25) is 9.69 Å². The first-order valence-corrected chi connectivity index (χ1v) is 8.69. The number of amides is 1. The Kier molecular flexibility index (Phi) is 4.32. The van der Waals surface area contributed by atoms with Crippen molar-refractivity contribution in [1.82, 2.24) is 4.90 Å². The van der Waals surface area contributed by atoms with Crippen LogP contribution in [0.25, 0.3) is 0 Å². The molecule has 5 heteroatoms. The Morgan fingerprint density at radius 2 is 2.08 bits per heavy atom. The summed E-state index contributed by atoms with van der Waals surface area (Å²) in [6.07, 6.45) is 1.54. The van der Waals surface area contributed by atoms with E-state index in [1.807, 2.05) is 36.4 Å². The molecule has 2 heterocycles. The number of rotatable bonds is 5. The maximum Gasteiger partial charge on any atom is 0.234 e. The maximum atomic E-state index is 11.9. The van der Waals surface area contributed by atoms with Crippen molar-refractivity contribution >= 4 is 5.91 Å². The first-order valence-electron chi connectivity index (χ1n) is 8.69. The molecule has 0 saturated carbocycles. The van der Waals surface area contributed by atoms with Crippen LogP contribution in [0.2, 0.25) is 0 Å². The second-order valence-corrected chi connectivity index (χ2v) is 6.68. The molecule has 2 aromatic rings. The number of carbonyl (C=O) groups excluding carboxylic acids is 1. The van der Waals surface area contributed by atoms with E-state index in [1.165, 1.54) is 11.1 Å². The molecule has 2 aliphatic rings. The number of carbonyl (C=O) groups is 1. The number of hydrogen-bond donors (Lipinski definition) is 1. The Bertz CT molecular complexity index is 763. The van der Waals surface area contributed by atoms with Gasteiger partial charge >= 0.3 is 0 Å². The van der Waals surface area contributed by atoms with E-state index < -0.39 is 0 Å². The number of fused-ring (bicyclic) bond motifs is 1. The van der Waals surface area contributed by atoms with Gasteiger partial charge in [0, 0.05) is 25.9 Å². The Labute approximate surface area is 147 Å². The molecule has 0 unspecified atom stereocenters. The van der Waals surface area contributed by atoms with E-state index >= 15 is 0 Å². The molecule has 1 saturated heterocycles. The summed E-state index contributed by atoms with van der Waals surface area (Å²) >= 11 is 0. The van der Waals surface area contributed by atoms with Crippen molar-refractivity contribution in [2.24, 2.45) is 5.73 Å². The largest absolute Gasteiger partial charge is 0.493 e. The van der Waals surface area contributed by atoms with Gasteiger partial charge in [0.2, 0.25) is 5.91 Å². The van der Waals surface area contributed by atoms with Gasteiger partial charge in [-0.05, 0) is 29.3 Å². The molecule has 1 amide bonds. The Morgan fingerprint density at radius 3 is 2.88 bits per heavy atom. The van der Waals surface area contributed by atoms with Gasteiger partial charge in [-0.2, -0.15) is 0 Å². The topological polar surface area (TPSA) is 64.8 Å². The monoisotopic (exact) mass is 338 g/mol. The van der Waals surface area contributed by atoms with Crippen LogP contribution in [0.4, 0.5) is 0 Å². The fourth-order valence-corrected chi connectivity index (χ4v) is 3.68. The lowest BCUT2D eigenvalue weighted by molar-refractivity contribution is -0.122. The highest BCUT2D eigenvalue weighted by atomic mass is 16.5. The lowest BCUT2D eigenvalue weighted by Gasteiger charge is -2.21. The third kappa shape index (κ3) is 3.46. The molecule has 2 aliphatic heterocycles. The minimum atomic E-state index is -0.293. The Hall–Kier alpha value is -2.53. The molecule has 0 bridgehead atoms. The minimum absolute atomic E-state index is 0.0299. The van der Waals surface area contributed by atoms with E-state index in [2.05, 4.69) is 17.0 Å². The summed E-state index contributed by atoms with van der Waals surface area (Å²) in [5.74, 6) is 1.51. The third-order valence-electron chi connectivity index (χ3n) is 4.88. The van der Waals surface area contributed by atoms with Crippen LogP contribution >= 0.6 is 0 Å². The number of benzene rings is 2. The zero-order valence-corrected chi connectivity index (χ0v) is 14.1. The predicted molar refractivity (Wildman–Crippen MR) is 94.5 cm³/mol. The summed E-state index contributed by atoms with van der Waals surface area (Å²) in [7, 11) is 0. The number of hydrogen-bond acceptors (Lipinski definition) is 4. The summed E-state index contributed by atoms with van der Waals surface area (Å²) in [4.78, 5) is 14.0. The molecule has 130 valence electrons. The average molecular weight is 338 g/mol. The second-order valence-electron chi connectivity index (χ2n) is 6.68. The predicted octanol–water partition coefficient (Wildman–Crippen LogP) is 2.13. The van der Waals surface area contributed by atoms with Gasteiger partial charge in [0.25, 0.3) is 0 Å². The first-order chi connectivity index (χ1) is 12.2. The third-order valence-corrected chi connectivity index (χ3v) is 4.88. The van der Waals surface area contributed by atoms with Crippen LogP contribution in [0.3, 0.4) is 0 Å². The summed E-state index contributed by atoms with van der Waals surface area (Å²) < 4.78 is 11.6. The number of nitrogens with zero attached hydrogens (tertiary/aromatic N) is 1. The molecule has 5 nitrogen and oxygen atoms in total. The van der Waals surface area contributed by atoms with Gasteiger partial charge < -0.3 is 15.2 Å². The molecular weight excluding hydrogens is 316 g/mol. The molecular formula is C20H22N2O3. The van der Waals surface area contributed by atoms with Crippen LogP contribution in [0, 0.1) is 0 Å². The van der Waals surface area contributed by atoms with Crippen molar-refractivity contribution in [2.75, 3.05) is 13.2 Å². The van der Waals surface area contributed by atoms with Gasteiger partial charge in [-0.15, -0.1) is 0 Å². The summed E-state index contributed by atoms with van der Waals surface area (Å²) in [6.45, 7) is 2.13. The maximum absolute atomic E-state index is 11.9. The van der Waals surface area contributed by atoms with E-state index in [-0.39, 0.29) is 18.1 Å². The minimum Gasteiger partial charge on any atom is -0.493 e. The van der Waals surface area contributed by atoms with Crippen molar-refractivity contribution < 1.29 is 14.3 Å². The normalized spacial score (nSPS) is 22.4. The Balaban J connectivity index is 1.46. The molecule has 2 N–H and O–H groups in total. The van der Waals surface area contributed by atoms with Crippen LogP contribution in [0.15, 0.2) is 48.5 Å². The Morgan fingerprint density at radius 1 is 1.24 bits per heavy atom. The van der Waals surface area contributed by atoms with E-state index in [1.54, 1.807) is 0 Å². The molecule has 25 heavy (non-hydrogen) atoms. The summed E-state index contributed by atoms with van der Waals surface area (Å²) in [5, 5.41) is 0. The van der Waals surface area contributed by atoms with Crippen molar-refractivity contribution in [1.29, 1.82) is 0 Å². The van der Waals surface area contributed by atoms with Crippen molar-refractivity contribution in [3.05, 3.63) is 59.7 Å². The zero-order valence-electron chi connectivity index (χ0n) is 14.1. The molecule has 0 aromatic heterocycles. The summed E-state index contributed by atoms with van der Waals surface area (Å²) in [6, 6.07) is 15.7. The standard InChI is InChI=1S/C20H22N2O3/c21-20(23)18-11-17(25-16-4-2-1-3-5-16)13-22(18)12-14-6-7-19-15(10-14)8-9-24-19/h1-7,10,17-18H,8-9,11-13H2,(H2,21,23)/t17-,18-/m0/s1. The molecule has 2 atom stereocenters. The second kappa shape index (κ2) is 6.76. The first kappa shape index (κ1) is 16.0. The van der Waals surface area contributed by atoms with E-state index in [9.17, 15) is 4.79 Å². The van der Waals surface area contributed by atoms with Crippen molar-refractivity contribution in [3.8, 4) is 11.5 Å².